The quantitative estimate of drug-likeness (QED) is 0.665. The van der Waals surface area contributed by atoms with Gasteiger partial charge >= 0.3 is 6.03 Å². The van der Waals surface area contributed by atoms with Gasteiger partial charge in [0.2, 0.25) is 0 Å². The molecule has 1 heterocycles. The van der Waals surface area contributed by atoms with Crippen LogP contribution in [0.15, 0.2) is 17.2 Å². The molecule has 1 rings (SSSR count). The van der Waals surface area contributed by atoms with E-state index in [1.165, 1.54) is 19.3 Å². The van der Waals surface area contributed by atoms with Crippen LogP contribution in [0.25, 0.3) is 0 Å². The molecule has 0 saturated heterocycles. The molecule has 0 unspecified atom stereocenters. The standard InChI is InChI=1S/C9H14N4O3S/c1-6-4-7(17(3,15)16)5-11-8(6)12-13-9(14)10-2/h4-5H,1-3H3,(H,11,12)(H2,10,13,14). The number of urea groups is 1. The van der Waals surface area contributed by atoms with Gasteiger partial charge in [0.1, 0.15) is 5.82 Å². The van der Waals surface area contributed by atoms with Gasteiger partial charge in [0.05, 0.1) is 4.90 Å². The normalized spacial score (nSPS) is 10.8. The van der Waals surface area contributed by atoms with Gasteiger partial charge in [-0.1, -0.05) is 0 Å². The van der Waals surface area contributed by atoms with Gasteiger partial charge in [0, 0.05) is 19.5 Å². The zero-order valence-corrected chi connectivity index (χ0v) is 10.6. The summed E-state index contributed by atoms with van der Waals surface area (Å²) in [5.41, 5.74) is 5.53. The Labute approximate surface area is 99.5 Å². The highest BCUT2D eigenvalue weighted by atomic mass is 32.2. The summed E-state index contributed by atoms with van der Waals surface area (Å²) in [6.07, 6.45) is 2.34. The van der Waals surface area contributed by atoms with Gasteiger partial charge < -0.3 is 5.32 Å². The number of nitrogens with zero attached hydrogens (tertiary/aromatic N) is 1. The van der Waals surface area contributed by atoms with E-state index in [9.17, 15) is 13.2 Å². The number of amides is 2. The molecule has 0 spiro atoms. The average Bonchev–Trinajstić information content (AvgIpc) is 2.25. The summed E-state index contributed by atoms with van der Waals surface area (Å²) in [6, 6.07) is 1.06. The minimum atomic E-state index is -3.27. The van der Waals surface area contributed by atoms with Crippen molar-refractivity contribution < 1.29 is 13.2 Å². The SMILES string of the molecule is CNC(=O)NNc1ncc(S(C)(=O)=O)cc1C. The molecule has 0 saturated carbocycles. The maximum Gasteiger partial charge on any atom is 0.333 e. The maximum absolute atomic E-state index is 11.3. The van der Waals surface area contributed by atoms with Crippen molar-refractivity contribution in [2.24, 2.45) is 0 Å². The largest absolute Gasteiger partial charge is 0.340 e. The van der Waals surface area contributed by atoms with Gasteiger partial charge in [0.25, 0.3) is 0 Å². The molecule has 0 aliphatic carbocycles. The summed E-state index contributed by atoms with van der Waals surface area (Å²) >= 11 is 0. The van der Waals surface area contributed by atoms with Crippen LogP contribution in [0.4, 0.5) is 10.6 Å². The fraction of sp³-hybridized carbons (Fsp3) is 0.333. The zero-order valence-electron chi connectivity index (χ0n) is 9.73. The molecular formula is C9H14N4O3S. The molecular weight excluding hydrogens is 244 g/mol. The molecule has 0 aliphatic heterocycles. The van der Waals surface area contributed by atoms with Crippen molar-refractivity contribution in [1.29, 1.82) is 0 Å². The first kappa shape index (κ1) is 13.2. The van der Waals surface area contributed by atoms with Crippen LogP contribution in [-0.2, 0) is 9.84 Å². The number of carbonyl (C=O) groups is 1. The molecule has 17 heavy (non-hydrogen) atoms. The van der Waals surface area contributed by atoms with Crippen LogP contribution < -0.4 is 16.2 Å². The Morgan fingerprint density at radius 3 is 2.53 bits per heavy atom. The number of aromatic nitrogens is 1. The van der Waals surface area contributed by atoms with Gasteiger partial charge in [-0.15, -0.1) is 0 Å². The highest BCUT2D eigenvalue weighted by molar-refractivity contribution is 7.90. The number of anilines is 1. The Bertz CT molecular complexity index is 527. The molecule has 3 N–H and O–H groups in total. The highest BCUT2D eigenvalue weighted by Crippen LogP contribution is 2.15. The number of carbonyl (C=O) groups excluding carboxylic acids is 1. The Balaban J connectivity index is 2.88. The van der Waals surface area contributed by atoms with E-state index in [-0.39, 0.29) is 4.90 Å². The van der Waals surface area contributed by atoms with E-state index in [0.717, 1.165) is 6.26 Å². The third kappa shape index (κ3) is 3.59. The van der Waals surface area contributed by atoms with Crippen molar-refractivity contribution >= 4 is 21.7 Å². The van der Waals surface area contributed by atoms with E-state index in [0.29, 0.717) is 11.4 Å². The van der Waals surface area contributed by atoms with Crippen LogP contribution in [0.1, 0.15) is 5.56 Å². The Kier molecular flexibility index (Phi) is 3.89. The first-order valence-corrected chi connectivity index (χ1v) is 6.64. The number of aryl methyl sites for hydroxylation is 1. The molecule has 1 aromatic heterocycles. The topological polar surface area (TPSA) is 100 Å². The van der Waals surface area contributed by atoms with Crippen LogP contribution in [0.3, 0.4) is 0 Å². The second-order valence-electron chi connectivity index (χ2n) is 3.44. The van der Waals surface area contributed by atoms with Gasteiger partial charge in [-0.2, -0.15) is 0 Å². The maximum atomic E-state index is 11.3. The van der Waals surface area contributed by atoms with E-state index in [4.69, 9.17) is 0 Å². The number of hydrogen-bond donors (Lipinski definition) is 3. The van der Waals surface area contributed by atoms with Gasteiger partial charge in [-0.05, 0) is 18.6 Å². The van der Waals surface area contributed by atoms with E-state index in [1.54, 1.807) is 6.92 Å². The third-order valence-electron chi connectivity index (χ3n) is 2.00. The van der Waals surface area contributed by atoms with Crippen molar-refractivity contribution in [3.8, 4) is 0 Å². The van der Waals surface area contributed by atoms with Crippen molar-refractivity contribution in [1.82, 2.24) is 15.7 Å². The van der Waals surface area contributed by atoms with Gasteiger partial charge in [0.15, 0.2) is 9.84 Å². The molecule has 7 nitrogen and oxygen atoms in total. The predicted molar refractivity (Wildman–Crippen MR) is 63.3 cm³/mol. The summed E-state index contributed by atoms with van der Waals surface area (Å²) in [5.74, 6) is 0.390. The predicted octanol–water partition coefficient (Wildman–Crippen LogP) is 0.0494. The van der Waals surface area contributed by atoms with Gasteiger partial charge in [-0.25, -0.2) is 18.2 Å². The Hall–Kier alpha value is -1.83. The lowest BCUT2D eigenvalue weighted by atomic mass is 10.3. The molecule has 94 valence electrons. The molecule has 8 heteroatoms. The summed E-state index contributed by atoms with van der Waals surface area (Å²) in [6.45, 7) is 1.69. The highest BCUT2D eigenvalue weighted by Gasteiger charge is 2.10. The van der Waals surface area contributed by atoms with Crippen LogP contribution in [0.5, 0.6) is 0 Å². The number of hydrogen-bond acceptors (Lipinski definition) is 5. The first-order chi connectivity index (χ1) is 7.84. The Morgan fingerprint density at radius 2 is 2.06 bits per heavy atom. The van der Waals surface area contributed by atoms with Crippen LogP contribution >= 0.6 is 0 Å². The molecule has 0 fully saturated rings. The van der Waals surface area contributed by atoms with E-state index >= 15 is 0 Å². The fourth-order valence-corrected chi connectivity index (χ4v) is 1.70. The van der Waals surface area contributed by atoms with E-state index in [2.05, 4.69) is 21.2 Å². The number of sulfone groups is 1. The zero-order chi connectivity index (χ0) is 13.1. The number of nitrogens with one attached hydrogen (secondary N) is 3. The van der Waals surface area contributed by atoms with Crippen molar-refractivity contribution in [3.63, 3.8) is 0 Å². The minimum Gasteiger partial charge on any atom is -0.340 e. The van der Waals surface area contributed by atoms with Crippen molar-refractivity contribution in [2.75, 3.05) is 18.7 Å². The second-order valence-corrected chi connectivity index (χ2v) is 5.45. The van der Waals surface area contributed by atoms with Crippen LogP contribution in [0.2, 0.25) is 0 Å². The number of hydrazine groups is 1. The van der Waals surface area contributed by atoms with Gasteiger partial charge in [-0.3, -0.25) is 10.9 Å². The molecule has 0 aromatic carbocycles. The molecule has 1 aromatic rings. The lowest BCUT2D eigenvalue weighted by Crippen LogP contribution is -2.37. The van der Waals surface area contributed by atoms with Crippen LogP contribution in [-0.4, -0.2) is 32.7 Å². The van der Waals surface area contributed by atoms with E-state index in [1.807, 2.05) is 0 Å². The molecule has 0 bridgehead atoms. The second kappa shape index (κ2) is 5.00. The summed E-state index contributed by atoms with van der Waals surface area (Å²) in [4.78, 5) is 15.0. The first-order valence-electron chi connectivity index (χ1n) is 4.75. The molecule has 0 aliphatic rings. The monoisotopic (exact) mass is 258 g/mol. The minimum absolute atomic E-state index is 0.139. The lowest BCUT2D eigenvalue weighted by Gasteiger charge is -2.10. The third-order valence-corrected chi connectivity index (χ3v) is 3.08. The lowest BCUT2D eigenvalue weighted by molar-refractivity contribution is 0.244. The molecule has 2 amide bonds. The van der Waals surface area contributed by atoms with Crippen molar-refractivity contribution in [3.05, 3.63) is 17.8 Å². The Morgan fingerprint density at radius 1 is 1.41 bits per heavy atom. The summed E-state index contributed by atoms with van der Waals surface area (Å²) in [5, 5.41) is 2.35. The summed E-state index contributed by atoms with van der Waals surface area (Å²) in [7, 11) is -1.79. The fourth-order valence-electron chi connectivity index (χ4n) is 1.06. The summed E-state index contributed by atoms with van der Waals surface area (Å²) < 4.78 is 22.5. The smallest absolute Gasteiger partial charge is 0.333 e. The van der Waals surface area contributed by atoms with Crippen molar-refractivity contribution in [2.45, 2.75) is 11.8 Å². The average molecular weight is 258 g/mol. The molecule has 0 atom stereocenters. The van der Waals surface area contributed by atoms with E-state index < -0.39 is 15.9 Å². The molecule has 0 radical (unpaired) electrons. The van der Waals surface area contributed by atoms with Crippen LogP contribution in [0, 0.1) is 6.92 Å². The number of rotatable bonds is 3. The number of pyridine rings is 1.